The molecule has 4 rings (SSSR count). The maximum Gasteiger partial charge on any atom is 0.416 e. The highest BCUT2D eigenvalue weighted by Crippen LogP contribution is 2.34. The highest BCUT2D eigenvalue weighted by atomic mass is 19.4. The summed E-state index contributed by atoms with van der Waals surface area (Å²) in [6, 6.07) is 6.18. The number of rotatable bonds is 4. The van der Waals surface area contributed by atoms with Gasteiger partial charge in [-0.05, 0) is 37.1 Å². The Balaban J connectivity index is 1.37. The molecule has 2 aliphatic heterocycles. The lowest BCUT2D eigenvalue weighted by Crippen LogP contribution is -2.46. The molecule has 0 aliphatic carbocycles. The van der Waals surface area contributed by atoms with Gasteiger partial charge in [-0.25, -0.2) is 4.39 Å². The number of carbonyl (C=O) groups is 1. The summed E-state index contributed by atoms with van der Waals surface area (Å²) in [7, 11) is 0. The summed E-state index contributed by atoms with van der Waals surface area (Å²) in [5.41, 5.74) is -0.341. The number of aromatic nitrogens is 1. The zero-order valence-corrected chi connectivity index (χ0v) is 17.2. The summed E-state index contributed by atoms with van der Waals surface area (Å²) in [6.45, 7) is 1.16. The van der Waals surface area contributed by atoms with E-state index >= 15 is 0 Å². The number of alkyl halides is 4. The van der Waals surface area contributed by atoms with Gasteiger partial charge in [-0.15, -0.1) is 0 Å². The van der Waals surface area contributed by atoms with Crippen molar-refractivity contribution in [3.8, 4) is 11.8 Å². The van der Waals surface area contributed by atoms with E-state index in [1.54, 1.807) is 6.07 Å². The number of amides is 1. The number of nitrogens with zero attached hydrogens (tertiary/aromatic N) is 4. The molecule has 1 aromatic heterocycles. The lowest BCUT2D eigenvalue weighted by molar-refractivity contribution is -0.137. The van der Waals surface area contributed by atoms with E-state index in [1.807, 2.05) is 11.0 Å². The number of hydrogen-bond donors (Lipinski definition) is 0. The van der Waals surface area contributed by atoms with Crippen LogP contribution in [0.25, 0.3) is 10.9 Å². The molecule has 170 valence electrons. The summed E-state index contributed by atoms with van der Waals surface area (Å²) in [4.78, 5) is 19.8. The summed E-state index contributed by atoms with van der Waals surface area (Å²) in [6.07, 6.45) is -3.12. The van der Waals surface area contributed by atoms with Crippen molar-refractivity contribution in [2.45, 2.75) is 43.8 Å². The third kappa shape index (κ3) is 4.78. The molecule has 2 saturated heterocycles. The highest BCUT2D eigenvalue weighted by Gasteiger charge is 2.36. The van der Waals surface area contributed by atoms with Crippen LogP contribution in [-0.4, -0.2) is 65.2 Å². The van der Waals surface area contributed by atoms with Gasteiger partial charge >= 0.3 is 6.18 Å². The zero-order chi connectivity index (χ0) is 22.9. The van der Waals surface area contributed by atoms with Crippen LogP contribution in [0.1, 0.15) is 24.8 Å². The highest BCUT2D eigenvalue weighted by molar-refractivity contribution is 5.85. The van der Waals surface area contributed by atoms with E-state index in [4.69, 9.17) is 10.00 Å². The first kappa shape index (κ1) is 22.3. The minimum atomic E-state index is -4.46. The first-order chi connectivity index (χ1) is 15.2. The van der Waals surface area contributed by atoms with Crippen molar-refractivity contribution in [1.29, 1.82) is 5.26 Å². The average molecular weight is 450 g/mol. The Bertz CT molecular complexity index is 1030. The summed E-state index contributed by atoms with van der Waals surface area (Å²) < 4.78 is 58.9. The van der Waals surface area contributed by atoms with Crippen LogP contribution in [0.15, 0.2) is 30.5 Å². The standard InChI is InChI=1S/C22H22F4N4O2/c23-15-10-16(11-27)30(12-15)21(31)13-29-7-4-17(5-8-29)32-20-3-6-28-19-2-1-14(9-18(19)20)22(24,25)26/h1-3,6,9,15-17H,4-5,7-8,10,12-13H2/t15-,16?/m0/s1. The molecule has 1 amide bonds. The predicted molar refractivity (Wildman–Crippen MR) is 107 cm³/mol. The molecular formula is C22H22F4N4O2. The maximum absolute atomic E-state index is 13.6. The molecule has 2 atom stereocenters. The zero-order valence-electron chi connectivity index (χ0n) is 17.2. The Morgan fingerprint density at radius 3 is 2.69 bits per heavy atom. The average Bonchev–Trinajstić information content (AvgIpc) is 3.15. The molecule has 3 heterocycles. The molecule has 2 aromatic rings. The van der Waals surface area contributed by atoms with Gasteiger partial charge in [0.1, 0.15) is 24.1 Å². The molecule has 2 fully saturated rings. The van der Waals surface area contributed by atoms with Crippen molar-refractivity contribution in [3.05, 3.63) is 36.0 Å². The Morgan fingerprint density at radius 2 is 2.00 bits per heavy atom. The van der Waals surface area contributed by atoms with E-state index < -0.39 is 24.0 Å². The number of piperidine rings is 1. The van der Waals surface area contributed by atoms with Gasteiger partial charge in [0, 0.05) is 31.1 Å². The summed E-state index contributed by atoms with van der Waals surface area (Å²) in [5, 5.41) is 9.42. The van der Waals surface area contributed by atoms with E-state index in [0.29, 0.717) is 42.6 Å². The van der Waals surface area contributed by atoms with Crippen LogP contribution < -0.4 is 4.74 Å². The van der Waals surface area contributed by atoms with Crippen LogP contribution >= 0.6 is 0 Å². The molecule has 6 nitrogen and oxygen atoms in total. The van der Waals surface area contributed by atoms with Gasteiger partial charge in [0.15, 0.2) is 0 Å². The Labute approximate surface area is 182 Å². The normalized spacial score (nSPS) is 22.8. The number of likely N-dealkylation sites (tertiary alicyclic amines) is 2. The third-order valence-corrected chi connectivity index (χ3v) is 5.94. The fraction of sp³-hybridized carbons (Fsp3) is 0.500. The van der Waals surface area contributed by atoms with Crippen LogP contribution in [0, 0.1) is 11.3 Å². The lowest BCUT2D eigenvalue weighted by atomic mass is 10.1. The number of pyridine rings is 1. The number of fused-ring (bicyclic) bond motifs is 1. The molecular weight excluding hydrogens is 428 g/mol. The minimum absolute atomic E-state index is 0.0497. The fourth-order valence-corrected chi connectivity index (χ4v) is 4.23. The fourth-order valence-electron chi connectivity index (χ4n) is 4.23. The van der Waals surface area contributed by atoms with Gasteiger partial charge < -0.3 is 9.64 Å². The maximum atomic E-state index is 13.6. The van der Waals surface area contributed by atoms with Crippen molar-refractivity contribution >= 4 is 16.8 Å². The monoisotopic (exact) mass is 450 g/mol. The number of carbonyl (C=O) groups excluding carboxylic acids is 1. The van der Waals surface area contributed by atoms with Crippen LogP contribution in [0.5, 0.6) is 5.75 Å². The molecule has 1 unspecified atom stereocenters. The Hall–Kier alpha value is -2.93. The second-order valence-corrected chi connectivity index (χ2v) is 8.16. The van der Waals surface area contributed by atoms with Gasteiger partial charge in [-0.3, -0.25) is 14.7 Å². The van der Waals surface area contributed by atoms with Gasteiger partial charge in [-0.2, -0.15) is 18.4 Å². The molecule has 0 N–H and O–H groups in total. The molecule has 2 aliphatic rings. The molecule has 10 heteroatoms. The van der Waals surface area contributed by atoms with Crippen LogP contribution in [-0.2, 0) is 11.0 Å². The molecule has 0 radical (unpaired) electrons. The van der Waals surface area contributed by atoms with E-state index in [1.165, 1.54) is 17.2 Å². The summed E-state index contributed by atoms with van der Waals surface area (Å²) in [5.74, 6) is 0.0782. The molecule has 1 aromatic carbocycles. The van der Waals surface area contributed by atoms with Crippen LogP contribution in [0.3, 0.4) is 0 Å². The second kappa shape index (κ2) is 8.90. The molecule has 0 saturated carbocycles. The second-order valence-electron chi connectivity index (χ2n) is 8.16. The SMILES string of the molecule is N#CC1C[C@H](F)CN1C(=O)CN1CCC(Oc2ccnc3ccc(C(F)(F)F)cc23)CC1. The van der Waals surface area contributed by atoms with E-state index in [2.05, 4.69) is 4.98 Å². The van der Waals surface area contributed by atoms with Crippen molar-refractivity contribution < 1.29 is 27.1 Å². The smallest absolute Gasteiger partial charge is 0.416 e. The van der Waals surface area contributed by atoms with Gasteiger partial charge in [0.25, 0.3) is 0 Å². The minimum Gasteiger partial charge on any atom is -0.490 e. The number of benzene rings is 1. The topological polar surface area (TPSA) is 69.5 Å². The first-order valence-electron chi connectivity index (χ1n) is 10.4. The largest absolute Gasteiger partial charge is 0.490 e. The molecule has 32 heavy (non-hydrogen) atoms. The van der Waals surface area contributed by atoms with Crippen LogP contribution in [0.2, 0.25) is 0 Å². The number of ether oxygens (including phenoxy) is 1. The van der Waals surface area contributed by atoms with E-state index in [-0.39, 0.29) is 31.5 Å². The van der Waals surface area contributed by atoms with Crippen LogP contribution in [0.4, 0.5) is 17.6 Å². The number of hydrogen-bond acceptors (Lipinski definition) is 5. The lowest BCUT2D eigenvalue weighted by Gasteiger charge is -2.33. The molecule has 0 spiro atoms. The Kier molecular flexibility index (Phi) is 6.20. The number of halogens is 4. The predicted octanol–water partition coefficient (Wildman–Crippen LogP) is 3.56. The van der Waals surface area contributed by atoms with E-state index in [0.717, 1.165) is 12.1 Å². The van der Waals surface area contributed by atoms with Gasteiger partial charge in [-0.1, -0.05) is 0 Å². The summed E-state index contributed by atoms with van der Waals surface area (Å²) >= 11 is 0. The van der Waals surface area contributed by atoms with Crippen molar-refractivity contribution in [2.75, 3.05) is 26.2 Å². The quantitative estimate of drug-likeness (QED) is 0.667. The van der Waals surface area contributed by atoms with Gasteiger partial charge in [0.2, 0.25) is 5.91 Å². The number of nitriles is 1. The first-order valence-corrected chi connectivity index (χ1v) is 10.4. The Morgan fingerprint density at radius 1 is 1.25 bits per heavy atom. The van der Waals surface area contributed by atoms with Gasteiger partial charge in [0.05, 0.1) is 30.2 Å². The van der Waals surface area contributed by atoms with Crippen molar-refractivity contribution in [3.63, 3.8) is 0 Å². The third-order valence-electron chi connectivity index (χ3n) is 5.94. The van der Waals surface area contributed by atoms with Crippen molar-refractivity contribution in [2.24, 2.45) is 0 Å². The molecule has 0 bridgehead atoms. The van der Waals surface area contributed by atoms with E-state index in [9.17, 15) is 22.4 Å². The van der Waals surface area contributed by atoms with Crippen molar-refractivity contribution in [1.82, 2.24) is 14.8 Å².